The number of anilines is 2. The largest absolute Gasteiger partial charge is 0.367 e. The maximum absolute atomic E-state index is 4.54. The Morgan fingerprint density at radius 3 is 2.36 bits per heavy atom. The van der Waals surface area contributed by atoms with Gasteiger partial charge in [0.15, 0.2) is 0 Å². The van der Waals surface area contributed by atoms with Crippen LogP contribution < -0.4 is 15.5 Å². The Hall–Kier alpha value is -2.14. The molecule has 0 amide bonds. The zero-order valence-electron chi connectivity index (χ0n) is 15.5. The standard InChI is InChI=1S/C20H29N5/c1-15-22-19(13-20(23-15)25(2)3)24-18-11-9-17(10-12-18)21-14-16-7-5-4-6-8-16/h4-8,13,17-18,21H,9-12,14H2,1-3H3,(H,22,23,24)/t17-,18+. The van der Waals surface area contributed by atoms with Crippen LogP contribution in [0.25, 0.3) is 0 Å². The molecule has 1 aromatic heterocycles. The molecule has 2 aromatic rings. The minimum absolute atomic E-state index is 0.499. The molecule has 0 atom stereocenters. The van der Waals surface area contributed by atoms with E-state index in [9.17, 15) is 0 Å². The van der Waals surface area contributed by atoms with Gasteiger partial charge in [-0.1, -0.05) is 30.3 Å². The predicted molar refractivity (Wildman–Crippen MR) is 104 cm³/mol. The van der Waals surface area contributed by atoms with Crippen LogP contribution in [0.15, 0.2) is 36.4 Å². The average molecular weight is 339 g/mol. The first-order valence-corrected chi connectivity index (χ1v) is 9.17. The molecule has 2 N–H and O–H groups in total. The number of benzene rings is 1. The van der Waals surface area contributed by atoms with Gasteiger partial charge in [-0.15, -0.1) is 0 Å². The fourth-order valence-corrected chi connectivity index (χ4v) is 3.36. The molecule has 3 rings (SSSR count). The van der Waals surface area contributed by atoms with Crippen molar-refractivity contribution in [2.24, 2.45) is 0 Å². The van der Waals surface area contributed by atoms with Gasteiger partial charge in [0.1, 0.15) is 17.5 Å². The molecule has 0 aliphatic heterocycles. The molecule has 1 aliphatic rings. The lowest BCUT2D eigenvalue weighted by molar-refractivity contribution is 0.352. The molecular formula is C20H29N5. The van der Waals surface area contributed by atoms with Crippen LogP contribution in [0, 0.1) is 6.92 Å². The second-order valence-corrected chi connectivity index (χ2v) is 7.11. The van der Waals surface area contributed by atoms with Crippen molar-refractivity contribution in [3.63, 3.8) is 0 Å². The first-order chi connectivity index (χ1) is 12.1. The molecule has 5 nitrogen and oxygen atoms in total. The molecule has 1 aliphatic carbocycles. The number of hydrogen-bond acceptors (Lipinski definition) is 5. The average Bonchev–Trinajstić information content (AvgIpc) is 2.61. The number of aryl methyl sites for hydroxylation is 1. The maximum atomic E-state index is 4.54. The lowest BCUT2D eigenvalue weighted by Crippen LogP contribution is -2.36. The summed E-state index contributed by atoms with van der Waals surface area (Å²) in [6.45, 7) is 2.91. The lowest BCUT2D eigenvalue weighted by Gasteiger charge is -2.30. The van der Waals surface area contributed by atoms with Crippen LogP contribution in [0.2, 0.25) is 0 Å². The first-order valence-electron chi connectivity index (χ1n) is 9.17. The van der Waals surface area contributed by atoms with Gasteiger partial charge in [0.25, 0.3) is 0 Å². The molecule has 0 bridgehead atoms. The Morgan fingerprint density at radius 2 is 1.68 bits per heavy atom. The molecule has 0 spiro atoms. The zero-order chi connectivity index (χ0) is 17.6. The monoisotopic (exact) mass is 339 g/mol. The Balaban J connectivity index is 1.48. The van der Waals surface area contributed by atoms with Crippen LogP contribution in [-0.2, 0) is 6.54 Å². The number of hydrogen-bond donors (Lipinski definition) is 2. The predicted octanol–water partition coefficient (Wildman–Crippen LogP) is 3.36. The van der Waals surface area contributed by atoms with Gasteiger partial charge in [-0.25, -0.2) is 9.97 Å². The van der Waals surface area contributed by atoms with Crippen molar-refractivity contribution in [2.45, 2.75) is 51.2 Å². The molecular weight excluding hydrogens is 310 g/mol. The van der Waals surface area contributed by atoms with E-state index < -0.39 is 0 Å². The summed E-state index contributed by atoms with van der Waals surface area (Å²) in [5.41, 5.74) is 1.36. The van der Waals surface area contributed by atoms with Gasteiger partial charge >= 0.3 is 0 Å². The van der Waals surface area contributed by atoms with E-state index >= 15 is 0 Å². The highest BCUT2D eigenvalue weighted by atomic mass is 15.2. The van der Waals surface area contributed by atoms with Gasteiger partial charge in [-0.05, 0) is 38.2 Å². The van der Waals surface area contributed by atoms with Crippen LogP contribution in [0.3, 0.4) is 0 Å². The van der Waals surface area contributed by atoms with Gasteiger partial charge in [0, 0.05) is 38.8 Å². The molecule has 0 unspecified atom stereocenters. The van der Waals surface area contributed by atoms with Crippen molar-refractivity contribution in [3.8, 4) is 0 Å². The summed E-state index contributed by atoms with van der Waals surface area (Å²) in [5.74, 6) is 2.71. The molecule has 0 radical (unpaired) electrons. The Morgan fingerprint density at radius 1 is 1.00 bits per heavy atom. The topological polar surface area (TPSA) is 53.1 Å². The molecule has 134 valence electrons. The highest BCUT2D eigenvalue weighted by Crippen LogP contribution is 2.23. The summed E-state index contributed by atoms with van der Waals surface area (Å²) >= 11 is 0. The molecule has 1 heterocycles. The smallest absolute Gasteiger partial charge is 0.133 e. The van der Waals surface area contributed by atoms with Crippen LogP contribution in [0.1, 0.15) is 37.1 Å². The van der Waals surface area contributed by atoms with E-state index in [2.05, 4.69) is 50.9 Å². The second-order valence-electron chi connectivity index (χ2n) is 7.11. The normalized spacial score (nSPS) is 20.3. The van der Waals surface area contributed by atoms with Crippen molar-refractivity contribution < 1.29 is 0 Å². The second kappa shape index (κ2) is 8.30. The Kier molecular flexibility index (Phi) is 5.87. The SMILES string of the molecule is Cc1nc(N[C@H]2CC[C@@H](NCc3ccccc3)CC2)cc(N(C)C)n1. The van der Waals surface area contributed by atoms with E-state index in [-0.39, 0.29) is 0 Å². The van der Waals surface area contributed by atoms with Crippen molar-refractivity contribution in [3.05, 3.63) is 47.8 Å². The maximum Gasteiger partial charge on any atom is 0.133 e. The number of aromatic nitrogens is 2. The molecule has 1 saturated carbocycles. The van der Waals surface area contributed by atoms with Gasteiger partial charge in [0.05, 0.1) is 0 Å². The molecule has 1 fully saturated rings. The Bertz CT molecular complexity index is 663. The minimum atomic E-state index is 0.499. The fourth-order valence-electron chi connectivity index (χ4n) is 3.36. The number of nitrogens with zero attached hydrogens (tertiary/aromatic N) is 3. The minimum Gasteiger partial charge on any atom is -0.367 e. The molecule has 25 heavy (non-hydrogen) atoms. The van der Waals surface area contributed by atoms with Crippen molar-refractivity contribution >= 4 is 11.6 Å². The zero-order valence-corrected chi connectivity index (χ0v) is 15.5. The van der Waals surface area contributed by atoms with E-state index in [0.717, 1.165) is 24.0 Å². The Labute approximate surface area is 150 Å². The summed E-state index contributed by atoms with van der Waals surface area (Å²) in [7, 11) is 4.02. The summed E-state index contributed by atoms with van der Waals surface area (Å²) in [4.78, 5) is 11.0. The van der Waals surface area contributed by atoms with Crippen molar-refractivity contribution in [1.29, 1.82) is 0 Å². The van der Waals surface area contributed by atoms with Crippen LogP contribution in [-0.4, -0.2) is 36.1 Å². The third kappa shape index (κ3) is 5.16. The molecule has 0 saturated heterocycles. The molecule has 5 heteroatoms. The highest BCUT2D eigenvalue weighted by molar-refractivity contribution is 5.49. The number of nitrogens with one attached hydrogen (secondary N) is 2. The van der Waals surface area contributed by atoms with Gasteiger partial charge in [-0.3, -0.25) is 0 Å². The third-order valence-corrected chi connectivity index (χ3v) is 4.80. The van der Waals surface area contributed by atoms with E-state index in [4.69, 9.17) is 0 Å². The fraction of sp³-hybridized carbons (Fsp3) is 0.500. The highest BCUT2D eigenvalue weighted by Gasteiger charge is 2.21. The summed E-state index contributed by atoms with van der Waals surface area (Å²) in [5, 5.41) is 7.30. The van der Waals surface area contributed by atoms with E-state index in [0.29, 0.717) is 12.1 Å². The van der Waals surface area contributed by atoms with Crippen molar-refractivity contribution in [1.82, 2.24) is 15.3 Å². The van der Waals surface area contributed by atoms with E-state index in [1.165, 1.54) is 31.2 Å². The van der Waals surface area contributed by atoms with Crippen molar-refractivity contribution in [2.75, 3.05) is 24.3 Å². The quantitative estimate of drug-likeness (QED) is 0.845. The van der Waals surface area contributed by atoms with Crippen LogP contribution >= 0.6 is 0 Å². The summed E-state index contributed by atoms with van der Waals surface area (Å²) in [6, 6.07) is 13.8. The lowest BCUT2D eigenvalue weighted by atomic mass is 9.91. The summed E-state index contributed by atoms with van der Waals surface area (Å²) in [6.07, 6.45) is 4.75. The van der Waals surface area contributed by atoms with Gasteiger partial charge in [-0.2, -0.15) is 0 Å². The van der Waals surface area contributed by atoms with Crippen LogP contribution in [0.4, 0.5) is 11.6 Å². The summed E-state index contributed by atoms with van der Waals surface area (Å²) < 4.78 is 0. The van der Waals surface area contributed by atoms with Crippen LogP contribution in [0.5, 0.6) is 0 Å². The van der Waals surface area contributed by atoms with Gasteiger partial charge in [0.2, 0.25) is 0 Å². The number of rotatable bonds is 6. The molecule has 1 aromatic carbocycles. The van der Waals surface area contributed by atoms with Gasteiger partial charge < -0.3 is 15.5 Å². The first kappa shape index (κ1) is 17.7. The van der Waals surface area contributed by atoms with E-state index in [1.807, 2.05) is 32.0 Å². The third-order valence-electron chi connectivity index (χ3n) is 4.80. The van der Waals surface area contributed by atoms with E-state index in [1.54, 1.807) is 0 Å².